The van der Waals surface area contributed by atoms with Crippen molar-refractivity contribution in [1.29, 1.82) is 0 Å². The maximum Gasteiger partial charge on any atom is 0.230 e. The normalized spacial score (nSPS) is 11.4. The third-order valence-corrected chi connectivity index (χ3v) is 3.02. The number of hydrogen-bond acceptors (Lipinski definition) is 3. The zero-order chi connectivity index (χ0) is 14.8. The number of rotatable bonds is 3. The van der Waals surface area contributed by atoms with Gasteiger partial charge in [-0.15, -0.1) is 0 Å². The van der Waals surface area contributed by atoms with Gasteiger partial charge in [0.2, 0.25) is 5.91 Å². The molecule has 1 heterocycles. The van der Waals surface area contributed by atoms with Crippen LogP contribution in [0.5, 0.6) is 0 Å². The Morgan fingerprint density at radius 3 is 2.50 bits per heavy atom. The van der Waals surface area contributed by atoms with Gasteiger partial charge in [0.1, 0.15) is 5.76 Å². The molecule has 4 nitrogen and oxygen atoms in total. The van der Waals surface area contributed by atoms with E-state index in [1.807, 2.05) is 26.8 Å². The first-order chi connectivity index (χ1) is 9.34. The number of benzene rings is 1. The Labute approximate surface area is 123 Å². The molecule has 0 spiro atoms. The highest BCUT2D eigenvalue weighted by Crippen LogP contribution is 2.23. The molecule has 0 aliphatic heterocycles. The number of amides is 1. The maximum atomic E-state index is 11.9. The number of nitrogens with zero attached hydrogens (tertiary/aromatic N) is 1. The van der Waals surface area contributed by atoms with Crippen LogP contribution in [0.15, 0.2) is 34.9 Å². The van der Waals surface area contributed by atoms with Crippen molar-refractivity contribution in [3.63, 3.8) is 0 Å². The summed E-state index contributed by atoms with van der Waals surface area (Å²) in [6.45, 7) is 6.10. The third kappa shape index (κ3) is 3.84. The molecular weight excluding hydrogens is 276 g/mol. The Morgan fingerprint density at radius 1 is 1.30 bits per heavy atom. The molecule has 20 heavy (non-hydrogen) atoms. The molecule has 1 aromatic heterocycles. The van der Waals surface area contributed by atoms with Crippen LogP contribution in [0.4, 0.5) is 5.69 Å². The quantitative estimate of drug-likeness (QED) is 0.936. The topological polar surface area (TPSA) is 55.1 Å². The fourth-order valence-electron chi connectivity index (χ4n) is 1.65. The minimum absolute atomic E-state index is 0.113. The van der Waals surface area contributed by atoms with E-state index in [-0.39, 0.29) is 17.7 Å². The minimum atomic E-state index is -0.138. The van der Waals surface area contributed by atoms with Crippen LogP contribution in [0, 0.1) is 0 Å². The average molecular weight is 293 g/mol. The molecule has 106 valence electrons. The van der Waals surface area contributed by atoms with E-state index < -0.39 is 0 Å². The molecule has 5 heteroatoms. The van der Waals surface area contributed by atoms with E-state index in [2.05, 4.69) is 10.5 Å². The first-order valence-electron chi connectivity index (χ1n) is 6.36. The van der Waals surface area contributed by atoms with Gasteiger partial charge in [0.25, 0.3) is 0 Å². The minimum Gasteiger partial charge on any atom is -0.361 e. The summed E-state index contributed by atoms with van der Waals surface area (Å²) in [5.74, 6) is 0.632. The fourth-order valence-corrected chi connectivity index (χ4v) is 1.78. The van der Waals surface area contributed by atoms with E-state index in [1.165, 1.54) is 0 Å². The predicted molar refractivity (Wildman–Crippen MR) is 79.0 cm³/mol. The van der Waals surface area contributed by atoms with Gasteiger partial charge in [0.05, 0.1) is 12.1 Å². The molecule has 0 unspecified atom stereocenters. The van der Waals surface area contributed by atoms with Crippen molar-refractivity contribution < 1.29 is 9.32 Å². The van der Waals surface area contributed by atoms with Crippen LogP contribution in [0.25, 0.3) is 0 Å². The number of carbonyl (C=O) groups excluding carboxylic acids is 1. The van der Waals surface area contributed by atoms with Gasteiger partial charge < -0.3 is 9.84 Å². The summed E-state index contributed by atoms with van der Waals surface area (Å²) >= 11 is 5.79. The van der Waals surface area contributed by atoms with Gasteiger partial charge >= 0.3 is 0 Å². The molecule has 0 saturated carbocycles. The van der Waals surface area contributed by atoms with Crippen LogP contribution in [0.2, 0.25) is 5.02 Å². The van der Waals surface area contributed by atoms with Crippen LogP contribution in [-0.2, 0) is 16.6 Å². The van der Waals surface area contributed by atoms with E-state index in [1.54, 1.807) is 24.3 Å². The SMILES string of the molecule is CC(C)(C)c1cc(CC(=O)Nc2ccc(Cl)cc2)no1. The lowest BCUT2D eigenvalue weighted by Gasteiger charge is -2.12. The molecule has 0 atom stereocenters. The van der Waals surface area contributed by atoms with Crippen molar-refractivity contribution in [3.05, 3.63) is 46.8 Å². The maximum absolute atomic E-state index is 11.9. The lowest BCUT2D eigenvalue weighted by atomic mass is 9.93. The van der Waals surface area contributed by atoms with Crippen molar-refractivity contribution in [2.75, 3.05) is 5.32 Å². The van der Waals surface area contributed by atoms with Crippen LogP contribution in [0.3, 0.4) is 0 Å². The third-order valence-electron chi connectivity index (χ3n) is 2.77. The standard InChI is InChI=1S/C15H17ClN2O2/c1-15(2,3)13-8-12(18-20-13)9-14(19)17-11-6-4-10(16)5-7-11/h4-8H,9H2,1-3H3,(H,17,19). The zero-order valence-electron chi connectivity index (χ0n) is 11.7. The monoisotopic (exact) mass is 292 g/mol. The Morgan fingerprint density at radius 2 is 1.95 bits per heavy atom. The summed E-state index contributed by atoms with van der Waals surface area (Å²) in [5.41, 5.74) is 1.22. The van der Waals surface area contributed by atoms with Gasteiger partial charge in [-0.05, 0) is 24.3 Å². The van der Waals surface area contributed by atoms with E-state index in [0.29, 0.717) is 16.4 Å². The Kier molecular flexibility index (Phi) is 4.14. The highest BCUT2D eigenvalue weighted by Gasteiger charge is 2.20. The number of carbonyl (C=O) groups is 1. The second kappa shape index (κ2) is 5.67. The number of nitrogens with one attached hydrogen (secondary N) is 1. The molecule has 0 aliphatic rings. The molecule has 2 rings (SSSR count). The molecule has 2 aromatic rings. The van der Waals surface area contributed by atoms with Crippen molar-refractivity contribution >= 4 is 23.2 Å². The van der Waals surface area contributed by atoms with Crippen molar-refractivity contribution in [3.8, 4) is 0 Å². The van der Waals surface area contributed by atoms with Gasteiger partial charge in [-0.1, -0.05) is 37.5 Å². The molecule has 0 aliphatic carbocycles. The number of aromatic nitrogens is 1. The van der Waals surface area contributed by atoms with E-state index in [0.717, 1.165) is 5.76 Å². The van der Waals surface area contributed by atoms with Crippen LogP contribution in [0.1, 0.15) is 32.2 Å². The van der Waals surface area contributed by atoms with E-state index >= 15 is 0 Å². The van der Waals surface area contributed by atoms with Gasteiger partial charge in [-0.25, -0.2) is 0 Å². The van der Waals surface area contributed by atoms with Crippen LogP contribution in [-0.4, -0.2) is 11.1 Å². The highest BCUT2D eigenvalue weighted by atomic mass is 35.5. The summed E-state index contributed by atoms with van der Waals surface area (Å²) in [6.07, 6.45) is 0.183. The summed E-state index contributed by atoms with van der Waals surface area (Å²) in [7, 11) is 0. The Hall–Kier alpha value is -1.81. The van der Waals surface area contributed by atoms with Crippen molar-refractivity contribution in [2.24, 2.45) is 0 Å². The molecular formula is C15H17ClN2O2. The second-order valence-corrected chi connectivity index (χ2v) is 6.10. The van der Waals surface area contributed by atoms with Gasteiger partial charge in [-0.3, -0.25) is 4.79 Å². The number of hydrogen-bond donors (Lipinski definition) is 1. The first kappa shape index (κ1) is 14.6. The molecule has 0 bridgehead atoms. The molecule has 0 fully saturated rings. The second-order valence-electron chi connectivity index (χ2n) is 5.66. The molecule has 1 aromatic carbocycles. The van der Waals surface area contributed by atoms with Crippen molar-refractivity contribution in [1.82, 2.24) is 5.16 Å². The van der Waals surface area contributed by atoms with Crippen LogP contribution < -0.4 is 5.32 Å². The summed E-state index contributed by atoms with van der Waals surface area (Å²) in [5, 5.41) is 7.34. The lowest BCUT2D eigenvalue weighted by molar-refractivity contribution is -0.115. The average Bonchev–Trinajstić information content (AvgIpc) is 2.80. The van der Waals surface area contributed by atoms with Gasteiger partial charge in [0.15, 0.2) is 0 Å². The van der Waals surface area contributed by atoms with Crippen LogP contribution >= 0.6 is 11.6 Å². The fraction of sp³-hybridized carbons (Fsp3) is 0.333. The Balaban J connectivity index is 1.98. The zero-order valence-corrected chi connectivity index (χ0v) is 12.5. The predicted octanol–water partition coefficient (Wildman–Crippen LogP) is 3.81. The Bertz CT molecular complexity index is 597. The lowest BCUT2D eigenvalue weighted by Crippen LogP contribution is -2.14. The number of halogens is 1. The molecule has 1 amide bonds. The molecule has 0 radical (unpaired) electrons. The van der Waals surface area contributed by atoms with E-state index in [4.69, 9.17) is 16.1 Å². The smallest absolute Gasteiger partial charge is 0.230 e. The summed E-state index contributed by atoms with van der Waals surface area (Å²) in [4.78, 5) is 11.9. The van der Waals surface area contributed by atoms with Gasteiger partial charge in [0, 0.05) is 22.2 Å². The van der Waals surface area contributed by atoms with Crippen molar-refractivity contribution in [2.45, 2.75) is 32.6 Å². The number of anilines is 1. The highest BCUT2D eigenvalue weighted by molar-refractivity contribution is 6.30. The summed E-state index contributed by atoms with van der Waals surface area (Å²) in [6, 6.07) is 8.78. The largest absolute Gasteiger partial charge is 0.361 e. The van der Waals surface area contributed by atoms with Gasteiger partial charge in [-0.2, -0.15) is 0 Å². The summed E-state index contributed by atoms with van der Waals surface area (Å²) < 4.78 is 5.25. The molecule has 1 N–H and O–H groups in total. The molecule has 0 saturated heterocycles. The van der Waals surface area contributed by atoms with E-state index in [9.17, 15) is 4.79 Å². The first-order valence-corrected chi connectivity index (χ1v) is 6.74.